The predicted octanol–water partition coefficient (Wildman–Crippen LogP) is 3.47. The molecule has 4 rings (SSSR count). The summed E-state index contributed by atoms with van der Waals surface area (Å²) >= 11 is 1.89. The van der Waals surface area contributed by atoms with Crippen LogP contribution in [0.5, 0.6) is 0 Å². The first kappa shape index (κ1) is 23.1. The molecule has 1 fully saturated rings. The number of anilines is 2. The van der Waals surface area contributed by atoms with Crippen molar-refractivity contribution in [3.05, 3.63) is 48.5 Å². The first-order valence-electron chi connectivity index (χ1n) is 10.4. The lowest BCUT2D eigenvalue weighted by molar-refractivity contribution is -0.147. The Morgan fingerprint density at radius 1 is 0.839 bits per heavy atom. The average Bonchev–Trinajstić information content (AvgIpc) is 2.74. The van der Waals surface area contributed by atoms with Crippen molar-refractivity contribution in [2.24, 2.45) is 0 Å². The smallest absolute Gasteiger partial charge is 0.314 e. The lowest BCUT2D eigenvalue weighted by atomic mass is 10.2. The van der Waals surface area contributed by atoms with Crippen LogP contribution in [-0.2, 0) is 9.59 Å². The van der Waals surface area contributed by atoms with Gasteiger partial charge in [-0.2, -0.15) is 0 Å². The molecule has 31 heavy (non-hydrogen) atoms. The van der Waals surface area contributed by atoms with Gasteiger partial charge < -0.3 is 24.9 Å². The summed E-state index contributed by atoms with van der Waals surface area (Å²) in [5.74, 6) is -2.62. The number of carbonyl (C=O) groups is 2. The second-order valence-corrected chi connectivity index (χ2v) is 8.74. The summed E-state index contributed by atoms with van der Waals surface area (Å²) in [7, 11) is 2.22. The molecule has 2 aromatic carbocycles. The Kier molecular flexibility index (Phi) is 8.34. The molecule has 0 aliphatic carbocycles. The minimum atomic E-state index is -1.31. The van der Waals surface area contributed by atoms with E-state index in [-0.39, 0.29) is 0 Å². The Balaban J connectivity index is 0.000000339. The molecule has 2 heterocycles. The largest absolute Gasteiger partial charge is 0.481 e. The van der Waals surface area contributed by atoms with E-state index < -0.39 is 18.4 Å². The van der Waals surface area contributed by atoms with E-state index in [4.69, 9.17) is 10.2 Å². The molecule has 2 aliphatic rings. The predicted molar refractivity (Wildman–Crippen MR) is 122 cm³/mol. The molecule has 0 amide bonds. The van der Waals surface area contributed by atoms with Crippen LogP contribution >= 0.6 is 11.8 Å². The highest BCUT2D eigenvalue weighted by Crippen LogP contribution is 2.47. The maximum absolute atomic E-state index is 9.43. The van der Waals surface area contributed by atoms with Gasteiger partial charge in [-0.05, 0) is 44.3 Å². The van der Waals surface area contributed by atoms with Crippen LogP contribution in [0.1, 0.15) is 12.8 Å². The summed E-state index contributed by atoms with van der Waals surface area (Å²) in [5, 5.41) is 15.4. The van der Waals surface area contributed by atoms with E-state index in [1.807, 2.05) is 11.8 Å². The van der Waals surface area contributed by atoms with Gasteiger partial charge in [-0.25, -0.2) is 0 Å². The Morgan fingerprint density at radius 3 is 1.84 bits per heavy atom. The second kappa shape index (κ2) is 11.2. The van der Waals surface area contributed by atoms with E-state index in [1.165, 1.54) is 60.3 Å². The fourth-order valence-corrected chi connectivity index (χ4v) is 4.77. The third-order valence-electron chi connectivity index (χ3n) is 5.29. The molecule has 2 N–H and O–H groups in total. The summed E-state index contributed by atoms with van der Waals surface area (Å²) < 4.78 is 0. The van der Waals surface area contributed by atoms with Gasteiger partial charge in [-0.3, -0.25) is 9.59 Å². The molecule has 1 saturated heterocycles. The molecule has 0 bridgehead atoms. The number of likely N-dealkylation sites (N-methyl/N-ethyl adjacent to an activating group) is 1. The molecule has 0 aromatic heterocycles. The van der Waals surface area contributed by atoms with Crippen LogP contribution in [0.15, 0.2) is 58.3 Å². The zero-order valence-electron chi connectivity index (χ0n) is 17.7. The number of hydrogen-bond acceptors (Lipinski definition) is 6. The summed E-state index contributed by atoms with van der Waals surface area (Å²) in [5.41, 5.74) is 2.72. The van der Waals surface area contributed by atoms with Gasteiger partial charge in [-0.1, -0.05) is 36.0 Å². The first-order valence-corrected chi connectivity index (χ1v) is 11.2. The molecule has 0 unspecified atom stereocenters. The maximum atomic E-state index is 9.43. The molecule has 2 aliphatic heterocycles. The fourth-order valence-electron chi connectivity index (χ4n) is 3.68. The molecule has 2 aromatic rings. The van der Waals surface area contributed by atoms with Crippen LogP contribution in [0.25, 0.3) is 0 Å². The molecule has 0 atom stereocenters. The lowest BCUT2D eigenvalue weighted by Crippen LogP contribution is -2.45. The summed E-state index contributed by atoms with van der Waals surface area (Å²) in [6.45, 7) is 7.10. The zero-order chi connectivity index (χ0) is 22.2. The van der Waals surface area contributed by atoms with Gasteiger partial charge in [0.15, 0.2) is 0 Å². The fraction of sp³-hybridized carbons (Fsp3) is 0.391. The van der Waals surface area contributed by atoms with Crippen molar-refractivity contribution in [3.63, 3.8) is 0 Å². The SMILES string of the molecule is CN1CCN(CCCN2c3ccccc3Sc3ccccc32)CC1.O=C(O)CC(=O)O. The van der Waals surface area contributed by atoms with Crippen molar-refractivity contribution in [3.8, 4) is 0 Å². The quantitative estimate of drug-likeness (QED) is 0.657. The number of nitrogens with zero attached hydrogens (tertiary/aromatic N) is 3. The number of hydrogen-bond donors (Lipinski definition) is 2. The van der Waals surface area contributed by atoms with Crippen molar-refractivity contribution in [2.45, 2.75) is 22.6 Å². The highest BCUT2D eigenvalue weighted by atomic mass is 32.2. The minimum absolute atomic E-state index is 0.806. The average molecular weight is 444 g/mol. The van der Waals surface area contributed by atoms with Crippen LogP contribution in [0, 0.1) is 0 Å². The van der Waals surface area contributed by atoms with Crippen molar-refractivity contribution < 1.29 is 19.8 Å². The van der Waals surface area contributed by atoms with Crippen LogP contribution in [0.3, 0.4) is 0 Å². The van der Waals surface area contributed by atoms with Crippen molar-refractivity contribution in [1.82, 2.24) is 9.80 Å². The van der Waals surface area contributed by atoms with Gasteiger partial charge >= 0.3 is 11.9 Å². The number of piperazine rings is 1. The molecule has 0 radical (unpaired) electrons. The van der Waals surface area contributed by atoms with Gasteiger partial charge in [0.2, 0.25) is 0 Å². The standard InChI is InChI=1S/C20H25N3S.C3H4O4/c1-21-13-15-22(16-14-21)11-6-12-23-17-7-2-4-9-19(17)24-20-10-5-3-8-18(20)23;4-2(5)1-3(6)7/h2-5,7-10H,6,11-16H2,1H3;1H2,(H,4,5)(H,6,7). The Morgan fingerprint density at radius 2 is 1.35 bits per heavy atom. The third kappa shape index (κ3) is 6.72. The van der Waals surface area contributed by atoms with E-state index in [0.717, 1.165) is 6.54 Å². The third-order valence-corrected chi connectivity index (χ3v) is 6.42. The molecule has 166 valence electrons. The van der Waals surface area contributed by atoms with Crippen LogP contribution < -0.4 is 4.90 Å². The summed E-state index contributed by atoms with van der Waals surface area (Å²) in [6.07, 6.45) is 0.400. The topological polar surface area (TPSA) is 84.3 Å². The first-order chi connectivity index (χ1) is 14.9. The molecular formula is C23H29N3O4S. The zero-order valence-corrected chi connectivity index (χ0v) is 18.6. The Bertz CT molecular complexity index is 842. The number of carboxylic acid groups (broad SMARTS) is 2. The number of rotatable bonds is 6. The lowest BCUT2D eigenvalue weighted by Gasteiger charge is -2.35. The van der Waals surface area contributed by atoms with Gasteiger partial charge in [-0.15, -0.1) is 0 Å². The number of fused-ring (bicyclic) bond motifs is 2. The van der Waals surface area contributed by atoms with Gasteiger partial charge in [0.25, 0.3) is 0 Å². The van der Waals surface area contributed by atoms with Crippen molar-refractivity contribution >= 4 is 35.1 Å². The van der Waals surface area contributed by atoms with Crippen molar-refractivity contribution in [1.29, 1.82) is 0 Å². The minimum Gasteiger partial charge on any atom is -0.481 e. The summed E-state index contributed by atoms with van der Waals surface area (Å²) in [6, 6.07) is 17.6. The second-order valence-electron chi connectivity index (χ2n) is 7.65. The molecule has 0 saturated carbocycles. The van der Waals surface area contributed by atoms with Crippen LogP contribution in [0.4, 0.5) is 11.4 Å². The number of benzene rings is 2. The van der Waals surface area contributed by atoms with E-state index in [1.54, 1.807) is 0 Å². The van der Waals surface area contributed by atoms with E-state index in [2.05, 4.69) is 70.3 Å². The van der Waals surface area contributed by atoms with Gasteiger partial charge in [0.1, 0.15) is 6.42 Å². The molecule has 8 heteroatoms. The maximum Gasteiger partial charge on any atom is 0.314 e. The molecule has 0 spiro atoms. The normalized spacial score (nSPS) is 16.0. The van der Waals surface area contributed by atoms with Crippen LogP contribution in [0.2, 0.25) is 0 Å². The van der Waals surface area contributed by atoms with Gasteiger partial charge in [0.05, 0.1) is 11.4 Å². The highest BCUT2D eigenvalue weighted by molar-refractivity contribution is 7.99. The molecular weight excluding hydrogens is 414 g/mol. The Hall–Kier alpha value is -2.55. The van der Waals surface area contributed by atoms with Crippen molar-refractivity contribution in [2.75, 3.05) is 51.2 Å². The number of carboxylic acids is 2. The number of para-hydroxylation sites is 2. The van der Waals surface area contributed by atoms with Crippen LogP contribution in [-0.4, -0.2) is 78.3 Å². The Labute approximate surface area is 187 Å². The van der Waals surface area contributed by atoms with E-state index in [0.29, 0.717) is 0 Å². The van der Waals surface area contributed by atoms with E-state index in [9.17, 15) is 9.59 Å². The number of aliphatic carboxylic acids is 2. The van der Waals surface area contributed by atoms with E-state index >= 15 is 0 Å². The highest BCUT2D eigenvalue weighted by Gasteiger charge is 2.22. The summed E-state index contributed by atoms with van der Waals surface area (Å²) in [4.78, 5) is 29.1. The monoisotopic (exact) mass is 443 g/mol. The molecule has 7 nitrogen and oxygen atoms in total. The van der Waals surface area contributed by atoms with Gasteiger partial charge in [0, 0.05) is 42.5 Å².